The molecule has 0 N–H and O–H groups in total. The minimum atomic E-state index is -0.377. The SMILES string of the molecule is C=CC(=O)OC(C)[N+](C)(C)Cc1ccc(C[N+](C)(C)C(C)C)cc1. The molecule has 0 aliphatic heterocycles. The third-order valence-electron chi connectivity index (χ3n) is 5.04. The Labute approximate surface area is 147 Å². The van der Waals surface area contributed by atoms with Gasteiger partial charge in [0.1, 0.15) is 13.1 Å². The fourth-order valence-corrected chi connectivity index (χ4v) is 2.36. The average molecular weight is 335 g/mol. The van der Waals surface area contributed by atoms with Crippen molar-refractivity contribution in [1.82, 2.24) is 0 Å². The van der Waals surface area contributed by atoms with Crippen molar-refractivity contribution in [3.8, 4) is 0 Å². The van der Waals surface area contributed by atoms with Crippen LogP contribution in [0.15, 0.2) is 36.9 Å². The second kappa shape index (κ2) is 7.95. The summed E-state index contributed by atoms with van der Waals surface area (Å²) in [6, 6.07) is 9.35. The molecule has 24 heavy (non-hydrogen) atoms. The van der Waals surface area contributed by atoms with Gasteiger partial charge in [-0.15, -0.1) is 0 Å². The molecule has 1 atom stereocenters. The molecular weight excluding hydrogens is 300 g/mol. The maximum atomic E-state index is 11.4. The summed E-state index contributed by atoms with van der Waals surface area (Å²) in [7, 11) is 8.64. The number of quaternary nitrogens is 2. The van der Waals surface area contributed by atoms with Gasteiger partial charge in [0.2, 0.25) is 6.23 Å². The molecule has 1 rings (SSSR count). The second-order valence-electron chi connectivity index (χ2n) is 8.02. The summed E-state index contributed by atoms with van der Waals surface area (Å²) in [6.45, 7) is 11.7. The first-order valence-electron chi connectivity index (χ1n) is 8.54. The smallest absolute Gasteiger partial charge is 0.334 e. The first-order valence-corrected chi connectivity index (χ1v) is 8.54. The molecule has 1 aromatic rings. The molecule has 0 fully saturated rings. The molecule has 0 bridgehead atoms. The van der Waals surface area contributed by atoms with Crippen LogP contribution in [0.25, 0.3) is 0 Å². The highest BCUT2D eigenvalue weighted by Crippen LogP contribution is 2.18. The maximum absolute atomic E-state index is 11.4. The lowest BCUT2D eigenvalue weighted by atomic mass is 10.1. The Morgan fingerprint density at radius 2 is 1.42 bits per heavy atom. The largest absolute Gasteiger partial charge is 0.410 e. The Balaban J connectivity index is 2.75. The molecule has 4 nitrogen and oxygen atoms in total. The molecule has 0 saturated heterocycles. The number of carbonyl (C=O) groups excluding carboxylic acids is 1. The van der Waals surface area contributed by atoms with Gasteiger partial charge in [0.15, 0.2) is 0 Å². The maximum Gasteiger partial charge on any atom is 0.334 e. The number of carbonyl (C=O) groups is 1. The third kappa shape index (κ3) is 5.77. The van der Waals surface area contributed by atoms with Crippen molar-refractivity contribution in [1.29, 1.82) is 0 Å². The highest BCUT2D eigenvalue weighted by molar-refractivity contribution is 5.81. The van der Waals surface area contributed by atoms with Gasteiger partial charge in [-0.25, -0.2) is 4.79 Å². The number of esters is 1. The van der Waals surface area contributed by atoms with Crippen LogP contribution in [0.4, 0.5) is 0 Å². The molecule has 4 heteroatoms. The van der Waals surface area contributed by atoms with E-state index in [1.54, 1.807) is 0 Å². The molecule has 0 radical (unpaired) electrons. The van der Waals surface area contributed by atoms with E-state index in [0.29, 0.717) is 10.5 Å². The molecule has 0 aliphatic rings. The number of hydrogen-bond acceptors (Lipinski definition) is 2. The molecule has 0 saturated carbocycles. The van der Waals surface area contributed by atoms with E-state index in [4.69, 9.17) is 4.74 Å². The lowest BCUT2D eigenvalue weighted by Crippen LogP contribution is -2.48. The van der Waals surface area contributed by atoms with Crippen LogP contribution in [0.5, 0.6) is 0 Å². The topological polar surface area (TPSA) is 26.3 Å². The normalized spacial score (nSPS) is 13.7. The summed E-state index contributed by atoms with van der Waals surface area (Å²) in [6.07, 6.45) is 0.978. The Morgan fingerprint density at radius 1 is 1.00 bits per heavy atom. The number of nitrogens with zero attached hydrogens (tertiary/aromatic N) is 2. The van der Waals surface area contributed by atoms with Gasteiger partial charge in [0, 0.05) is 24.1 Å². The number of benzene rings is 1. The average Bonchev–Trinajstić information content (AvgIpc) is 2.48. The molecule has 0 spiro atoms. The summed E-state index contributed by atoms with van der Waals surface area (Å²) in [5.41, 5.74) is 2.58. The summed E-state index contributed by atoms with van der Waals surface area (Å²) in [5, 5.41) is 0. The zero-order chi connectivity index (χ0) is 18.5. The van der Waals surface area contributed by atoms with Crippen molar-refractivity contribution in [2.45, 2.75) is 46.1 Å². The highest BCUT2D eigenvalue weighted by atomic mass is 16.6. The quantitative estimate of drug-likeness (QED) is 0.315. The van der Waals surface area contributed by atoms with Crippen molar-refractivity contribution >= 4 is 5.97 Å². The van der Waals surface area contributed by atoms with Gasteiger partial charge in [-0.05, 0) is 13.8 Å². The van der Waals surface area contributed by atoms with Crippen LogP contribution in [0.1, 0.15) is 31.9 Å². The lowest BCUT2D eigenvalue weighted by Gasteiger charge is -2.35. The van der Waals surface area contributed by atoms with Crippen LogP contribution in [0, 0.1) is 0 Å². The van der Waals surface area contributed by atoms with Crippen molar-refractivity contribution in [3.63, 3.8) is 0 Å². The van der Waals surface area contributed by atoms with Crippen molar-refractivity contribution < 1.29 is 18.5 Å². The predicted octanol–water partition coefficient (Wildman–Crippen LogP) is 3.32. The molecule has 0 aliphatic carbocycles. The molecule has 0 amide bonds. The molecule has 0 aromatic heterocycles. The Morgan fingerprint density at radius 3 is 1.79 bits per heavy atom. The molecule has 0 heterocycles. The Kier molecular flexibility index (Phi) is 6.76. The fraction of sp³-hybridized carbons (Fsp3) is 0.550. The van der Waals surface area contributed by atoms with Crippen LogP contribution >= 0.6 is 0 Å². The van der Waals surface area contributed by atoms with Crippen LogP contribution in [-0.4, -0.2) is 55.4 Å². The van der Waals surface area contributed by atoms with Gasteiger partial charge in [-0.3, -0.25) is 4.48 Å². The molecule has 1 aromatic carbocycles. The van der Waals surface area contributed by atoms with Gasteiger partial charge in [-0.1, -0.05) is 30.8 Å². The van der Waals surface area contributed by atoms with E-state index >= 15 is 0 Å². The molecule has 1 unspecified atom stereocenters. The summed E-state index contributed by atoms with van der Waals surface area (Å²) in [4.78, 5) is 11.4. The van der Waals surface area contributed by atoms with Gasteiger partial charge < -0.3 is 9.22 Å². The van der Waals surface area contributed by atoms with Gasteiger partial charge in [-0.2, -0.15) is 0 Å². The lowest BCUT2D eigenvalue weighted by molar-refractivity contribution is -0.945. The van der Waals surface area contributed by atoms with Gasteiger partial charge >= 0.3 is 5.97 Å². The van der Waals surface area contributed by atoms with Crippen LogP contribution in [0.2, 0.25) is 0 Å². The van der Waals surface area contributed by atoms with Crippen molar-refractivity contribution in [3.05, 3.63) is 48.0 Å². The number of rotatable bonds is 8. The molecule has 134 valence electrons. The van der Waals surface area contributed by atoms with E-state index in [1.807, 2.05) is 6.92 Å². The summed E-state index contributed by atoms with van der Waals surface area (Å²) >= 11 is 0. The van der Waals surface area contributed by atoms with Crippen LogP contribution < -0.4 is 0 Å². The first-order chi connectivity index (χ1) is 11.0. The van der Waals surface area contributed by atoms with Crippen LogP contribution in [-0.2, 0) is 22.6 Å². The Bertz CT molecular complexity index is 560. The summed E-state index contributed by atoms with van der Waals surface area (Å²) < 4.78 is 6.91. The minimum absolute atomic E-state index is 0.230. The van der Waals surface area contributed by atoms with E-state index in [2.05, 4.69) is 72.9 Å². The zero-order valence-electron chi connectivity index (χ0n) is 16.4. The van der Waals surface area contributed by atoms with Crippen molar-refractivity contribution in [2.75, 3.05) is 28.2 Å². The van der Waals surface area contributed by atoms with E-state index in [9.17, 15) is 4.79 Å². The van der Waals surface area contributed by atoms with Crippen molar-refractivity contribution in [2.24, 2.45) is 0 Å². The van der Waals surface area contributed by atoms with Crippen LogP contribution in [0.3, 0.4) is 0 Å². The monoisotopic (exact) mass is 334 g/mol. The predicted molar refractivity (Wildman–Crippen MR) is 99.0 cm³/mol. The van der Waals surface area contributed by atoms with E-state index in [1.165, 1.54) is 17.2 Å². The fourth-order valence-electron chi connectivity index (χ4n) is 2.36. The summed E-state index contributed by atoms with van der Waals surface area (Å²) in [5.74, 6) is -0.377. The number of ether oxygens (including phenoxy) is 1. The molecular formula is C20H34N2O2+2. The zero-order valence-corrected chi connectivity index (χ0v) is 16.4. The second-order valence-corrected chi connectivity index (χ2v) is 8.02. The van der Waals surface area contributed by atoms with E-state index in [0.717, 1.165) is 17.6 Å². The van der Waals surface area contributed by atoms with E-state index < -0.39 is 0 Å². The minimum Gasteiger partial charge on any atom is -0.410 e. The first kappa shape index (κ1) is 20.4. The number of hydrogen-bond donors (Lipinski definition) is 0. The highest BCUT2D eigenvalue weighted by Gasteiger charge is 2.27. The Hall–Kier alpha value is -1.65. The third-order valence-corrected chi connectivity index (χ3v) is 5.04. The van der Waals surface area contributed by atoms with Gasteiger partial charge in [0.25, 0.3) is 0 Å². The van der Waals surface area contributed by atoms with Gasteiger partial charge in [0.05, 0.1) is 34.2 Å². The van der Waals surface area contributed by atoms with E-state index in [-0.39, 0.29) is 12.2 Å². The standard InChI is InChI=1S/C20H34N2O2/c1-9-20(23)24-17(4)22(7,8)15-19-12-10-18(11-13-19)14-21(5,6)16(2)3/h9-13,16-17H,1,14-15H2,2-8H3/q+2.